The van der Waals surface area contributed by atoms with E-state index in [2.05, 4.69) is 19.4 Å². The van der Waals surface area contributed by atoms with Crippen LogP contribution >= 0.6 is 23.2 Å². The van der Waals surface area contributed by atoms with E-state index < -0.39 is 0 Å². The third-order valence-corrected chi connectivity index (χ3v) is 4.25. The van der Waals surface area contributed by atoms with Crippen molar-refractivity contribution in [2.45, 2.75) is 18.9 Å². The molecule has 2 N–H and O–H groups in total. The van der Waals surface area contributed by atoms with Crippen LogP contribution in [-0.4, -0.2) is 19.1 Å². The first-order valence-corrected chi connectivity index (χ1v) is 7.32. The van der Waals surface area contributed by atoms with Crippen LogP contribution in [0.4, 0.5) is 17.1 Å². The Kier molecular flexibility index (Phi) is 3.56. The van der Waals surface area contributed by atoms with Crippen molar-refractivity contribution in [2.24, 2.45) is 8.73 Å². The predicted octanol–water partition coefficient (Wildman–Crippen LogP) is 3.88. The fourth-order valence-electron chi connectivity index (χ4n) is 2.20. The Bertz CT molecular complexity index is 548. The van der Waals surface area contributed by atoms with E-state index >= 15 is 0 Å². The van der Waals surface area contributed by atoms with Crippen molar-refractivity contribution in [3.8, 4) is 0 Å². The number of hydrogen-bond donors (Lipinski definition) is 2. The summed E-state index contributed by atoms with van der Waals surface area (Å²) in [6, 6.07) is 2.22. The molecule has 3 rings (SSSR count). The van der Waals surface area contributed by atoms with E-state index in [-0.39, 0.29) is 0 Å². The molecule has 7 heteroatoms. The van der Waals surface area contributed by atoms with E-state index in [9.17, 15) is 0 Å². The summed E-state index contributed by atoms with van der Waals surface area (Å²) >= 11 is 13.5. The van der Waals surface area contributed by atoms with Crippen LogP contribution in [0.3, 0.4) is 0 Å². The van der Waals surface area contributed by atoms with Gasteiger partial charge in [-0.15, -0.1) is 0 Å². The van der Waals surface area contributed by atoms with Crippen LogP contribution in [0.2, 0.25) is 10.0 Å². The fraction of sp³-hybridized carbons (Fsp3) is 0.455. The molecule has 0 radical (unpaired) electrons. The second kappa shape index (κ2) is 5.17. The fourth-order valence-corrected chi connectivity index (χ4v) is 3.38. The third kappa shape index (κ3) is 2.28. The quantitative estimate of drug-likeness (QED) is 0.904. The number of anilines is 1. The van der Waals surface area contributed by atoms with Crippen molar-refractivity contribution in [1.82, 2.24) is 5.32 Å². The molecule has 1 aromatic rings. The average molecular weight is 303 g/mol. The number of nitrogens with zero attached hydrogens (tertiary/aromatic N) is 2. The van der Waals surface area contributed by atoms with Gasteiger partial charge < -0.3 is 10.6 Å². The molecule has 1 atom stereocenters. The molecule has 2 aliphatic rings. The van der Waals surface area contributed by atoms with Gasteiger partial charge in [-0.2, -0.15) is 8.73 Å². The molecule has 1 aromatic carbocycles. The first-order chi connectivity index (χ1) is 8.75. The lowest BCUT2D eigenvalue weighted by Crippen LogP contribution is -2.29. The summed E-state index contributed by atoms with van der Waals surface area (Å²) in [5.41, 5.74) is 2.31. The molecule has 18 heavy (non-hydrogen) atoms. The number of rotatable bonds is 3. The number of fused-ring (bicyclic) bond motifs is 1. The lowest BCUT2D eigenvalue weighted by atomic mass is 10.2. The van der Waals surface area contributed by atoms with Crippen LogP contribution in [0.25, 0.3) is 0 Å². The first kappa shape index (κ1) is 12.4. The van der Waals surface area contributed by atoms with Crippen molar-refractivity contribution in [3.63, 3.8) is 0 Å². The topological polar surface area (TPSA) is 48.8 Å². The Morgan fingerprint density at radius 1 is 1.33 bits per heavy atom. The highest BCUT2D eigenvalue weighted by Gasteiger charge is 2.20. The van der Waals surface area contributed by atoms with Crippen LogP contribution < -0.4 is 10.6 Å². The minimum atomic E-state index is 0.499. The summed E-state index contributed by atoms with van der Waals surface area (Å²) in [5.74, 6) is 0. The smallest absolute Gasteiger partial charge is 0.130 e. The van der Waals surface area contributed by atoms with Crippen molar-refractivity contribution < 1.29 is 0 Å². The van der Waals surface area contributed by atoms with Gasteiger partial charge in [0, 0.05) is 12.6 Å². The molecule has 0 aromatic heterocycles. The summed E-state index contributed by atoms with van der Waals surface area (Å²) in [4.78, 5) is 0. The molecule has 0 spiro atoms. The molecular formula is C11H12Cl2N4S. The standard InChI is InChI=1S/C11H12Cl2N4S/c12-7-4-8(13)10-11(17-18-16-10)9(7)15-5-6-2-1-3-14-6/h4,6,14-15H,1-3,5H2. The summed E-state index contributed by atoms with van der Waals surface area (Å²) in [6.45, 7) is 1.93. The van der Waals surface area contributed by atoms with E-state index in [1.165, 1.54) is 12.8 Å². The molecule has 0 saturated carbocycles. The van der Waals surface area contributed by atoms with Crippen molar-refractivity contribution in [1.29, 1.82) is 0 Å². The van der Waals surface area contributed by atoms with Gasteiger partial charge in [-0.1, -0.05) is 23.2 Å². The lowest BCUT2D eigenvalue weighted by molar-refractivity contribution is 0.634. The minimum absolute atomic E-state index is 0.499. The second-order valence-corrected chi connectivity index (χ2v) is 5.69. The van der Waals surface area contributed by atoms with Gasteiger partial charge in [0.15, 0.2) is 0 Å². The van der Waals surface area contributed by atoms with Crippen LogP contribution in [0, 0.1) is 0 Å². The Morgan fingerprint density at radius 2 is 2.17 bits per heavy atom. The number of hydrogen-bond acceptors (Lipinski definition) is 4. The van der Waals surface area contributed by atoms with Crippen LogP contribution in [0.1, 0.15) is 12.8 Å². The molecular weight excluding hydrogens is 291 g/mol. The predicted molar refractivity (Wildman–Crippen MR) is 77.5 cm³/mol. The molecule has 1 unspecified atom stereocenters. The van der Waals surface area contributed by atoms with Crippen LogP contribution in [0.5, 0.6) is 0 Å². The van der Waals surface area contributed by atoms with Crippen molar-refractivity contribution in [3.05, 3.63) is 16.1 Å². The zero-order valence-corrected chi connectivity index (χ0v) is 11.9. The van der Waals surface area contributed by atoms with E-state index in [0.717, 1.165) is 35.8 Å². The summed E-state index contributed by atoms with van der Waals surface area (Å²) in [7, 11) is 0. The second-order valence-electron chi connectivity index (χ2n) is 4.35. The van der Waals surface area contributed by atoms with Gasteiger partial charge in [0.05, 0.1) is 27.1 Å². The molecule has 96 valence electrons. The van der Waals surface area contributed by atoms with Crippen molar-refractivity contribution >= 4 is 51.6 Å². The highest BCUT2D eigenvalue weighted by Crippen LogP contribution is 2.47. The van der Waals surface area contributed by atoms with Gasteiger partial charge in [0.25, 0.3) is 0 Å². The molecule has 4 nitrogen and oxygen atoms in total. The Morgan fingerprint density at radius 3 is 2.94 bits per heavy atom. The van der Waals surface area contributed by atoms with Gasteiger partial charge in [-0.25, -0.2) is 0 Å². The van der Waals surface area contributed by atoms with Crippen LogP contribution in [0.15, 0.2) is 14.8 Å². The molecule has 0 aliphatic carbocycles. The molecule has 1 saturated heterocycles. The highest BCUT2D eigenvalue weighted by atomic mass is 35.5. The monoisotopic (exact) mass is 302 g/mol. The molecule has 0 bridgehead atoms. The summed E-state index contributed by atoms with van der Waals surface area (Å²) in [6.07, 6.45) is 2.42. The molecule has 2 heterocycles. The maximum Gasteiger partial charge on any atom is 0.130 e. The van der Waals surface area contributed by atoms with E-state index in [1.54, 1.807) is 6.07 Å². The van der Waals surface area contributed by atoms with Crippen LogP contribution in [-0.2, 0) is 11.4 Å². The van der Waals surface area contributed by atoms with Gasteiger partial charge in [0.2, 0.25) is 0 Å². The minimum Gasteiger partial charge on any atom is -0.380 e. The normalized spacial score (nSPS) is 20.9. The Hall–Kier alpha value is -0.620. The zero-order chi connectivity index (χ0) is 12.5. The lowest BCUT2D eigenvalue weighted by Gasteiger charge is -2.15. The largest absolute Gasteiger partial charge is 0.380 e. The van der Waals surface area contributed by atoms with E-state index in [1.807, 2.05) is 0 Å². The number of nitrogens with one attached hydrogen (secondary N) is 2. The van der Waals surface area contributed by atoms with Gasteiger partial charge in [-0.05, 0) is 25.5 Å². The van der Waals surface area contributed by atoms with Gasteiger partial charge >= 0.3 is 0 Å². The first-order valence-electron chi connectivity index (χ1n) is 5.83. The zero-order valence-electron chi connectivity index (χ0n) is 9.54. The average Bonchev–Trinajstić information content (AvgIpc) is 2.98. The summed E-state index contributed by atoms with van der Waals surface area (Å²) < 4.78 is 8.45. The SMILES string of the molecule is Clc1cc(Cl)c(NCC2CCCN2)c2c1N=S=N2. The molecule has 1 fully saturated rings. The van der Waals surface area contributed by atoms with Gasteiger partial charge in [0.1, 0.15) is 11.4 Å². The van der Waals surface area contributed by atoms with Crippen molar-refractivity contribution in [2.75, 3.05) is 18.4 Å². The maximum atomic E-state index is 6.22. The number of benzene rings is 1. The van der Waals surface area contributed by atoms with E-state index in [4.69, 9.17) is 23.2 Å². The highest BCUT2D eigenvalue weighted by molar-refractivity contribution is 7.58. The molecule has 0 amide bonds. The Balaban J connectivity index is 1.83. The number of halogens is 2. The maximum absolute atomic E-state index is 6.22. The van der Waals surface area contributed by atoms with E-state index in [0.29, 0.717) is 21.8 Å². The molecule has 2 aliphatic heterocycles. The van der Waals surface area contributed by atoms with Gasteiger partial charge in [-0.3, -0.25) is 0 Å². The Labute approximate surface area is 119 Å². The third-order valence-electron chi connectivity index (χ3n) is 3.13. The summed E-state index contributed by atoms with van der Waals surface area (Å²) in [5, 5.41) is 7.94.